The summed E-state index contributed by atoms with van der Waals surface area (Å²) in [5.74, 6) is 0. The van der Waals surface area contributed by atoms with E-state index in [1.807, 2.05) is 19.9 Å². The van der Waals surface area contributed by atoms with Crippen molar-refractivity contribution in [2.75, 3.05) is 0 Å². The topological polar surface area (TPSA) is 65.9 Å². The van der Waals surface area contributed by atoms with Gasteiger partial charge in [0, 0.05) is 12.6 Å². The Morgan fingerprint density at radius 2 is 2.33 bits per heavy atom. The lowest BCUT2D eigenvalue weighted by Gasteiger charge is -2.31. The summed E-state index contributed by atoms with van der Waals surface area (Å²) in [6.07, 6.45) is 2.24. The Morgan fingerprint density at radius 3 is 3.00 bits per heavy atom. The summed E-state index contributed by atoms with van der Waals surface area (Å²) in [5, 5.41) is 8.93. The highest BCUT2D eigenvalue weighted by atomic mass is 16.5. The van der Waals surface area contributed by atoms with E-state index >= 15 is 0 Å². The molecule has 0 saturated carbocycles. The largest absolute Gasteiger partial charge is 0.370 e. The second-order valence-corrected chi connectivity index (χ2v) is 4.33. The van der Waals surface area contributed by atoms with Gasteiger partial charge in [-0.15, -0.1) is 0 Å². The molecule has 15 heavy (non-hydrogen) atoms. The zero-order valence-electron chi connectivity index (χ0n) is 8.76. The van der Waals surface area contributed by atoms with E-state index in [-0.39, 0.29) is 16.7 Å². The normalized spacial score (nSPS) is 17.9. The van der Waals surface area contributed by atoms with Gasteiger partial charge in [0.1, 0.15) is 11.6 Å². The molecule has 0 atom stereocenters. The summed E-state index contributed by atoms with van der Waals surface area (Å²) < 4.78 is 5.60. The van der Waals surface area contributed by atoms with E-state index in [1.165, 1.54) is 0 Å². The zero-order chi connectivity index (χ0) is 11.1. The quantitative estimate of drug-likeness (QED) is 0.688. The summed E-state index contributed by atoms with van der Waals surface area (Å²) in [6.45, 7) is 4.37. The van der Waals surface area contributed by atoms with Crippen LogP contribution in [0, 0.1) is 11.3 Å². The molecule has 1 aliphatic rings. The van der Waals surface area contributed by atoms with Crippen molar-refractivity contribution in [3.63, 3.8) is 0 Å². The van der Waals surface area contributed by atoms with Crippen LogP contribution in [-0.2, 0) is 17.8 Å². The van der Waals surface area contributed by atoms with E-state index < -0.39 is 0 Å². The van der Waals surface area contributed by atoms with Crippen molar-refractivity contribution in [2.24, 2.45) is 0 Å². The van der Waals surface area contributed by atoms with Gasteiger partial charge in [-0.2, -0.15) is 5.26 Å². The monoisotopic (exact) mass is 204 g/mol. The van der Waals surface area contributed by atoms with Gasteiger partial charge in [0.2, 0.25) is 0 Å². The molecule has 2 rings (SSSR count). The number of hydrogen-bond acceptors (Lipinski definition) is 3. The number of nitrogens with zero attached hydrogens (tertiary/aromatic N) is 1. The van der Waals surface area contributed by atoms with Crippen LogP contribution in [0.15, 0.2) is 11.0 Å². The van der Waals surface area contributed by atoms with E-state index in [0.29, 0.717) is 13.0 Å². The molecule has 1 N–H and O–H groups in total. The van der Waals surface area contributed by atoms with Crippen LogP contribution in [0.4, 0.5) is 0 Å². The van der Waals surface area contributed by atoms with Gasteiger partial charge < -0.3 is 9.72 Å². The lowest BCUT2D eigenvalue weighted by atomic mass is 9.90. The summed E-state index contributed by atoms with van der Waals surface area (Å²) in [6, 6.07) is 1.96. The molecule has 1 aliphatic heterocycles. The number of ether oxygens (including phenoxy) is 1. The predicted octanol–water partition coefficient (Wildman–Crippen LogP) is 1.10. The van der Waals surface area contributed by atoms with Crippen LogP contribution < -0.4 is 5.56 Å². The number of aromatic nitrogens is 1. The van der Waals surface area contributed by atoms with Gasteiger partial charge in [-0.05, 0) is 25.0 Å². The third-order valence-corrected chi connectivity index (χ3v) is 2.63. The number of hydrogen-bond donors (Lipinski definition) is 1. The second kappa shape index (κ2) is 3.21. The van der Waals surface area contributed by atoms with Crippen molar-refractivity contribution < 1.29 is 4.74 Å². The molecule has 78 valence electrons. The third-order valence-electron chi connectivity index (χ3n) is 2.63. The van der Waals surface area contributed by atoms with Crippen LogP contribution in [0.25, 0.3) is 0 Å². The summed E-state index contributed by atoms with van der Waals surface area (Å²) >= 11 is 0. The highest BCUT2D eigenvalue weighted by Crippen LogP contribution is 2.27. The number of nitriles is 1. The first kappa shape index (κ1) is 9.94. The van der Waals surface area contributed by atoms with E-state index in [0.717, 1.165) is 11.1 Å². The third kappa shape index (κ3) is 1.66. The lowest BCUT2D eigenvalue weighted by molar-refractivity contribution is -0.0403. The maximum absolute atomic E-state index is 11.4. The van der Waals surface area contributed by atoms with E-state index in [4.69, 9.17) is 10.00 Å². The fourth-order valence-corrected chi connectivity index (χ4v) is 1.81. The molecule has 0 aromatic carbocycles. The molecule has 0 fully saturated rings. The smallest absolute Gasteiger partial charge is 0.266 e. The van der Waals surface area contributed by atoms with Crippen molar-refractivity contribution in [1.82, 2.24) is 4.98 Å². The molecule has 0 unspecified atom stereocenters. The molecular weight excluding hydrogens is 192 g/mol. The van der Waals surface area contributed by atoms with Gasteiger partial charge in [0.05, 0.1) is 12.2 Å². The number of fused-ring (bicyclic) bond motifs is 1. The number of H-pyrrole nitrogens is 1. The van der Waals surface area contributed by atoms with Crippen LogP contribution in [-0.4, -0.2) is 10.6 Å². The Kier molecular flexibility index (Phi) is 2.13. The van der Waals surface area contributed by atoms with Crippen LogP contribution in [0.1, 0.15) is 30.5 Å². The van der Waals surface area contributed by atoms with Gasteiger partial charge in [-0.3, -0.25) is 4.79 Å². The molecule has 1 aromatic rings. The van der Waals surface area contributed by atoms with E-state index in [9.17, 15) is 4.79 Å². The second-order valence-electron chi connectivity index (χ2n) is 4.33. The first-order chi connectivity index (χ1) is 7.03. The molecule has 1 aromatic heterocycles. The summed E-state index contributed by atoms with van der Waals surface area (Å²) in [4.78, 5) is 14.0. The number of nitrogens with one attached hydrogen (secondary N) is 1. The Hall–Kier alpha value is -1.60. The maximum atomic E-state index is 11.4. The minimum atomic E-state index is -0.311. The van der Waals surface area contributed by atoms with Gasteiger partial charge in [0.15, 0.2) is 0 Å². The molecule has 4 nitrogen and oxygen atoms in total. The summed E-state index contributed by atoms with van der Waals surface area (Å²) in [7, 11) is 0. The average molecular weight is 204 g/mol. The number of rotatable bonds is 0. The first-order valence-corrected chi connectivity index (χ1v) is 4.81. The highest BCUT2D eigenvalue weighted by Gasteiger charge is 2.28. The molecule has 2 heterocycles. The molecule has 0 bridgehead atoms. The van der Waals surface area contributed by atoms with Gasteiger partial charge in [-0.1, -0.05) is 0 Å². The van der Waals surface area contributed by atoms with Crippen molar-refractivity contribution in [2.45, 2.75) is 32.5 Å². The van der Waals surface area contributed by atoms with Gasteiger partial charge in [-0.25, -0.2) is 0 Å². The molecule has 0 amide bonds. The minimum absolute atomic E-state index is 0.226. The fraction of sp³-hybridized carbons (Fsp3) is 0.455. The Morgan fingerprint density at radius 1 is 1.60 bits per heavy atom. The molecule has 0 radical (unpaired) electrons. The molecule has 0 spiro atoms. The minimum Gasteiger partial charge on any atom is -0.370 e. The van der Waals surface area contributed by atoms with Crippen molar-refractivity contribution >= 4 is 0 Å². The number of pyridine rings is 1. The SMILES string of the molecule is CC1(C)Cc2c(c[nH]c(=O)c2C#N)CO1. The predicted molar refractivity (Wildman–Crippen MR) is 54.3 cm³/mol. The van der Waals surface area contributed by atoms with Crippen molar-refractivity contribution in [1.29, 1.82) is 5.26 Å². The highest BCUT2D eigenvalue weighted by molar-refractivity contribution is 5.41. The van der Waals surface area contributed by atoms with Crippen LogP contribution in [0.5, 0.6) is 0 Å². The van der Waals surface area contributed by atoms with E-state index in [2.05, 4.69) is 4.98 Å². The average Bonchev–Trinajstić information content (AvgIpc) is 2.16. The van der Waals surface area contributed by atoms with Crippen LogP contribution >= 0.6 is 0 Å². The maximum Gasteiger partial charge on any atom is 0.266 e. The van der Waals surface area contributed by atoms with Crippen molar-refractivity contribution in [3.8, 4) is 6.07 Å². The Balaban J connectivity index is 2.62. The van der Waals surface area contributed by atoms with E-state index in [1.54, 1.807) is 6.20 Å². The molecule has 0 saturated heterocycles. The van der Waals surface area contributed by atoms with Gasteiger partial charge in [0.25, 0.3) is 5.56 Å². The van der Waals surface area contributed by atoms with Crippen molar-refractivity contribution in [3.05, 3.63) is 33.2 Å². The van der Waals surface area contributed by atoms with Crippen LogP contribution in [0.2, 0.25) is 0 Å². The molecule has 0 aliphatic carbocycles. The van der Waals surface area contributed by atoms with Crippen LogP contribution in [0.3, 0.4) is 0 Å². The molecular formula is C11H12N2O2. The Labute approximate surface area is 87.5 Å². The number of aromatic amines is 1. The standard InChI is InChI=1S/C11H12N2O2/c1-11(2)3-8-7(6-15-11)5-13-10(14)9(8)4-12/h5H,3,6H2,1-2H3,(H,13,14). The molecule has 4 heteroatoms. The Bertz CT molecular complexity index is 494. The fourth-order valence-electron chi connectivity index (χ4n) is 1.81. The first-order valence-electron chi connectivity index (χ1n) is 4.81. The van der Waals surface area contributed by atoms with Gasteiger partial charge >= 0.3 is 0 Å². The lowest BCUT2D eigenvalue weighted by Crippen LogP contribution is -2.34. The zero-order valence-corrected chi connectivity index (χ0v) is 8.76. The summed E-state index contributed by atoms with van der Waals surface area (Å²) in [5.41, 5.74) is 1.35.